The van der Waals surface area contributed by atoms with Crippen LogP contribution in [0, 0.1) is 5.92 Å². The van der Waals surface area contributed by atoms with Crippen LogP contribution in [0.5, 0.6) is 0 Å². The summed E-state index contributed by atoms with van der Waals surface area (Å²) in [7, 11) is 0. The molecule has 0 amide bonds. The Labute approximate surface area is 104 Å². The van der Waals surface area contributed by atoms with E-state index >= 15 is 0 Å². The highest BCUT2D eigenvalue weighted by molar-refractivity contribution is 5.07. The van der Waals surface area contributed by atoms with Crippen molar-refractivity contribution in [2.75, 3.05) is 0 Å². The molecule has 0 spiro atoms. The summed E-state index contributed by atoms with van der Waals surface area (Å²) in [4.78, 5) is 9.15. The van der Waals surface area contributed by atoms with E-state index in [2.05, 4.69) is 18.8 Å². The van der Waals surface area contributed by atoms with Crippen LogP contribution in [-0.2, 0) is 6.42 Å². The van der Waals surface area contributed by atoms with E-state index in [-0.39, 0.29) is 0 Å². The molecule has 2 N–H and O–H groups in total. The Morgan fingerprint density at radius 3 is 2.65 bits per heavy atom. The maximum atomic E-state index is 5.93. The first kappa shape index (κ1) is 12.5. The number of aromatic nitrogens is 2. The molecule has 0 aliphatic heterocycles. The molecule has 1 aliphatic carbocycles. The quantitative estimate of drug-likeness (QED) is 0.873. The summed E-state index contributed by atoms with van der Waals surface area (Å²) in [5.41, 5.74) is 7.11. The van der Waals surface area contributed by atoms with Gasteiger partial charge in [0.15, 0.2) is 0 Å². The zero-order valence-electron chi connectivity index (χ0n) is 10.9. The Hall–Kier alpha value is -0.960. The second kappa shape index (κ2) is 5.58. The first-order valence-corrected chi connectivity index (χ1v) is 6.72. The lowest BCUT2D eigenvalue weighted by atomic mass is 9.86. The van der Waals surface area contributed by atoms with Crippen LogP contribution in [0.2, 0.25) is 0 Å². The highest BCUT2D eigenvalue weighted by Gasteiger charge is 2.22. The summed E-state index contributed by atoms with van der Waals surface area (Å²) in [5.74, 6) is 2.22. The first-order valence-electron chi connectivity index (χ1n) is 6.72. The third-order valence-corrected chi connectivity index (χ3v) is 3.49. The molecule has 17 heavy (non-hydrogen) atoms. The van der Waals surface area contributed by atoms with Crippen molar-refractivity contribution >= 4 is 0 Å². The standard InChI is InChI=1S/C14H23N3/c1-10(2)9-13-7-8-16-14(17-13)11-3-5-12(15)6-4-11/h7-8,10-12H,3-6,9,15H2,1-2H3. The molecular weight excluding hydrogens is 210 g/mol. The SMILES string of the molecule is CC(C)Cc1ccnc(C2CCC(N)CC2)n1. The predicted octanol–water partition coefficient (Wildman–Crippen LogP) is 2.66. The summed E-state index contributed by atoms with van der Waals surface area (Å²) in [6.07, 6.45) is 7.47. The molecule has 0 atom stereocenters. The molecule has 1 heterocycles. The maximum Gasteiger partial charge on any atom is 0.131 e. The van der Waals surface area contributed by atoms with Crippen molar-refractivity contribution in [1.82, 2.24) is 9.97 Å². The maximum absolute atomic E-state index is 5.93. The van der Waals surface area contributed by atoms with Crippen LogP contribution in [0.1, 0.15) is 57.0 Å². The van der Waals surface area contributed by atoms with E-state index in [1.54, 1.807) is 0 Å². The van der Waals surface area contributed by atoms with Crippen LogP contribution in [0.25, 0.3) is 0 Å². The Bertz CT molecular complexity index is 354. The summed E-state index contributed by atoms with van der Waals surface area (Å²) in [6.45, 7) is 4.45. The van der Waals surface area contributed by atoms with Gasteiger partial charge >= 0.3 is 0 Å². The molecule has 0 bridgehead atoms. The third-order valence-electron chi connectivity index (χ3n) is 3.49. The lowest BCUT2D eigenvalue weighted by molar-refractivity contribution is 0.383. The van der Waals surface area contributed by atoms with E-state index < -0.39 is 0 Å². The van der Waals surface area contributed by atoms with Crippen LogP contribution in [0.4, 0.5) is 0 Å². The van der Waals surface area contributed by atoms with Gasteiger partial charge in [0.05, 0.1) is 0 Å². The summed E-state index contributed by atoms with van der Waals surface area (Å²) >= 11 is 0. The number of rotatable bonds is 3. The molecule has 0 aromatic carbocycles. The third kappa shape index (κ3) is 3.50. The fraction of sp³-hybridized carbons (Fsp3) is 0.714. The molecular formula is C14H23N3. The normalized spacial score (nSPS) is 25.2. The van der Waals surface area contributed by atoms with Gasteiger partial charge in [-0.05, 0) is 44.1 Å². The molecule has 1 saturated carbocycles. The van der Waals surface area contributed by atoms with Crippen LogP contribution in [0.3, 0.4) is 0 Å². The molecule has 0 unspecified atom stereocenters. The van der Waals surface area contributed by atoms with Gasteiger partial charge in [0, 0.05) is 23.9 Å². The van der Waals surface area contributed by atoms with Crippen LogP contribution in [0.15, 0.2) is 12.3 Å². The minimum Gasteiger partial charge on any atom is -0.328 e. The monoisotopic (exact) mass is 233 g/mol. The molecule has 0 radical (unpaired) electrons. The van der Waals surface area contributed by atoms with Crippen molar-refractivity contribution in [3.63, 3.8) is 0 Å². The molecule has 1 aromatic heterocycles. The molecule has 1 aromatic rings. The van der Waals surface area contributed by atoms with Crippen LogP contribution >= 0.6 is 0 Å². The topological polar surface area (TPSA) is 51.8 Å². The van der Waals surface area contributed by atoms with E-state index in [0.717, 1.165) is 37.9 Å². The molecule has 1 aliphatic rings. The Morgan fingerprint density at radius 1 is 1.29 bits per heavy atom. The van der Waals surface area contributed by atoms with Gasteiger partial charge in [0.1, 0.15) is 5.82 Å². The van der Waals surface area contributed by atoms with Crippen molar-refractivity contribution in [3.05, 3.63) is 23.8 Å². The van der Waals surface area contributed by atoms with Gasteiger partial charge in [-0.25, -0.2) is 9.97 Å². The van der Waals surface area contributed by atoms with Crippen LogP contribution < -0.4 is 5.73 Å². The Balaban J connectivity index is 2.05. The number of nitrogens with two attached hydrogens (primary N) is 1. The average molecular weight is 233 g/mol. The first-order chi connectivity index (χ1) is 8.15. The lowest BCUT2D eigenvalue weighted by Gasteiger charge is -2.25. The molecule has 3 heteroatoms. The smallest absolute Gasteiger partial charge is 0.131 e. The molecule has 94 valence electrons. The summed E-state index contributed by atoms with van der Waals surface area (Å²) < 4.78 is 0. The summed E-state index contributed by atoms with van der Waals surface area (Å²) in [6, 6.07) is 2.43. The van der Waals surface area contributed by atoms with E-state index in [0.29, 0.717) is 17.9 Å². The Kier molecular flexibility index (Phi) is 4.11. The van der Waals surface area contributed by atoms with Gasteiger partial charge in [0.2, 0.25) is 0 Å². The zero-order valence-corrected chi connectivity index (χ0v) is 10.9. The van der Waals surface area contributed by atoms with Crippen molar-refractivity contribution < 1.29 is 0 Å². The second-order valence-corrected chi connectivity index (χ2v) is 5.62. The number of hydrogen-bond acceptors (Lipinski definition) is 3. The summed E-state index contributed by atoms with van der Waals surface area (Å²) in [5, 5.41) is 0. The fourth-order valence-corrected chi connectivity index (χ4v) is 2.52. The van der Waals surface area contributed by atoms with E-state index in [1.165, 1.54) is 5.69 Å². The number of hydrogen-bond donors (Lipinski definition) is 1. The van der Waals surface area contributed by atoms with Gasteiger partial charge in [-0.2, -0.15) is 0 Å². The highest BCUT2D eigenvalue weighted by atomic mass is 14.9. The molecule has 3 nitrogen and oxygen atoms in total. The van der Waals surface area contributed by atoms with Crippen molar-refractivity contribution in [1.29, 1.82) is 0 Å². The lowest BCUT2D eigenvalue weighted by Crippen LogP contribution is -2.26. The van der Waals surface area contributed by atoms with Gasteiger partial charge in [-0.1, -0.05) is 13.8 Å². The van der Waals surface area contributed by atoms with Gasteiger partial charge in [-0.3, -0.25) is 0 Å². The molecule has 2 rings (SSSR count). The molecule has 1 fully saturated rings. The van der Waals surface area contributed by atoms with Gasteiger partial charge < -0.3 is 5.73 Å². The highest BCUT2D eigenvalue weighted by Crippen LogP contribution is 2.30. The zero-order chi connectivity index (χ0) is 12.3. The minimum atomic E-state index is 0.394. The van der Waals surface area contributed by atoms with E-state index in [4.69, 9.17) is 10.7 Å². The van der Waals surface area contributed by atoms with Crippen LogP contribution in [-0.4, -0.2) is 16.0 Å². The average Bonchev–Trinajstić information content (AvgIpc) is 2.29. The van der Waals surface area contributed by atoms with E-state index in [1.807, 2.05) is 12.3 Å². The van der Waals surface area contributed by atoms with Gasteiger partial charge in [-0.15, -0.1) is 0 Å². The predicted molar refractivity (Wildman–Crippen MR) is 69.8 cm³/mol. The van der Waals surface area contributed by atoms with Gasteiger partial charge in [0.25, 0.3) is 0 Å². The fourth-order valence-electron chi connectivity index (χ4n) is 2.52. The number of nitrogens with zero attached hydrogens (tertiary/aromatic N) is 2. The van der Waals surface area contributed by atoms with Crippen molar-refractivity contribution in [2.24, 2.45) is 11.7 Å². The van der Waals surface area contributed by atoms with Crippen molar-refractivity contribution in [2.45, 2.75) is 57.9 Å². The van der Waals surface area contributed by atoms with Crippen molar-refractivity contribution in [3.8, 4) is 0 Å². The molecule has 0 saturated heterocycles. The van der Waals surface area contributed by atoms with E-state index in [9.17, 15) is 0 Å². The second-order valence-electron chi connectivity index (χ2n) is 5.62. The Morgan fingerprint density at radius 2 is 2.00 bits per heavy atom. The minimum absolute atomic E-state index is 0.394. The largest absolute Gasteiger partial charge is 0.328 e.